The van der Waals surface area contributed by atoms with Gasteiger partial charge in [0.1, 0.15) is 0 Å². The molecule has 88 valence electrons. The summed E-state index contributed by atoms with van der Waals surface area (Å²) in [7, 11) is 0. The van der Waals surface area contributed by atoms with Gasteiger partial charge < -0.3 is 10.2 Å². The summed E-state index contributed by atoms with van der Waals surface area (Å²) in [6, 6.07) is 2.10. The summed E-state index contributed by atoms with van der Waals surface area (Å²) in [5, 5.41) is 11.5. The Balaban J connectivity index is 2.01. The second kappa shape index (κ2) is 5.14. The summed E-state index contributed by atoms with van der Waals surface area (Å²) in [6.07, 6.45) is 4.43. The van der Waals surface area contributed by atoms with E-state index in [4.69, 9.17) is 0 Å². The second-order valence-corrected chi connectivity index (χ2v) is 4.77. The van der Waals surface area contributed by atoms with Crippen molar-refractivity contribution >= 4 is 11.5 Å². The largest absolute Gasteiger partial charge is 0.370 e. The van der Waals surface area contributed by atoms with Crippen LogP contribution >= 0.6 is 0 Å². The highest BCUT2D eigenvalue weighted by atomic mass is 15.2. The average Bonchev–Trinajstić information content (AvgIpc) is 2.80. The van der Waals surface area contributed by atoms with E-state index in [2.05, 4.69) is 40.3 Å². The van der Waals surface area contributed by atoms with Crippen LogP contribution in [-0.2, 0) is 0 Å². The lowest BCUT2D eigenvalue weighted by molar-refractivity contribution is 0.685. The number of hydrogen-bond acceptors (Lipinski definition) is 4. The smallest absolute Gasteiger partial charge is 0.150 e. The van der Waals surface area contributed by atoms with Crippen molar-refractivity contribution in [3.63, 3.8) is 0 Å². The van der Waals surface area contributed by atoms with E-state index in [-0.39, 0.29) is 0 Å². The van der Waals surface area contributed by atoms with Gasteiger partial charge in [0, 0.05) is 25.7 Å². The average molecular weight is 220 g/mol. The summed E-state index contributed by atoms with van der Waals surface area (Å²) < 4.78 is 0. The molecule has 1 N–H and O–H groups in total. The van der Waals surface area contributed by atoms with Crippen molar-refractivity contribution in [1.29, 1.82) is 0 Å². The first-order valence-electron chi connectivity index (χ1n) is 6.07. The number of anilines is 2. The predicted octanol–water partition coefficient (Wildman–Crippen LogP) is 2.14. The van der Waals surface area contributed by atoms with Gasteiger partial charge in [0.05, 0.1) is 11.9 Å². The minimum absolute atomic E-state index is 0.622. The van der Waals surface area contributed by atoms with Crippen molar-refractivity contribution in [2.75, 3.05) is 29.9 Å². The number of aromatic nitrogens is 2. The van der Waals surface area contributed by atoms with Crippen LogP contribution in [0.15, 0.2) is 12.3 Å². The Bertz CT molecular complexity index is 332. The van der Waals surface area contributed by atoms with E-state index < -0.39 is 0 Å². The molecule has 0 bridgehead atoms. The summed E-state index contributed by atoms with van der Waals surface area (Å²) in [5.41, 5.74) is 1.19. The summed E-state index contributed by atoms with van der Waals surface area (Å²) >= 11 is 0. The molecule has 2 rings (SSSR count). The molecule has 1 aromatic rings. The first kappa shape index (κ1) is 11.2. The maximum atomic E-state index is 4.09. The highest BCUT2D eigenvalue weighted by Crippen LogP contribution is 2.20. The predicted molar refractivity (Wildman–Crippen MR) is 66.8 cm³/mol. The molecule has 0 amide bonds. The van der Waals surface area contributed by atoms with Crippen molar-refractivity contribution in [2.24, 2.45) is 5.92 Å². The fourth-order valence-corrected chi connectivity index (χ4v) is 1.90. The minimum atomic E-state index is 0.622. The normalized spacial score (nSPS) is 15.8. The van der Waals surface area contributed by atoms with Gasteiger partial charge >= 0.3 is 0 Å². The highest BCUT2D eigenvalue weighted by molar-refractivity contribution is 5.52. The van der Waals surface area contributed by atoms with Crippen LogP contribution < -0.4 is 10.2 Å². The topological polar surface area (TPSA) is 41.0 Å². The van der Waals surface area contributed by atoms with E-state index in [1.54, 1.807) is 0 Å². The van der Waals surface area contributed by atoms with Crippen molar-refractivity contribution in [1.82, 2.24) is 10.2 Å². The lowest BCUT2D eigenvalue weighted by Gasteiger charge is -2.17. The molecule has 4 heteroatoms. The van der Waals surface area contributed by atoms with Crippen LogP contribution in [0.5, 0.6) is 0 Å². The van der Waals surface area contributed by atoms with Crippen molar-refractivity contribution in [2.45, 2.75) is 26.7 Å². The van der Waals surface area contributed by atoms with Crippen LogP contribution in [0.3, 0.4) is 0 Å². The molecule has 4 nitrogen and oxygen atoms in total. The van der Waals surface area contributed by atoms with Crippen LogP contribution in [0.25, 0.3) is 0 Å². The van der Waals surface area contributed by atoms with Crippen molar-refractivity contribution < 1.29 is 0 Å². The molecule has 2 heterocycles. The molecule has 16 heavy (non-hydrogen) atoms. The van der Waals surface area contributed by atoms with Crippen LogP contribution in [0.2, 0.25) is 0 Å². The van der Waals surface area contributed by atoms with Crippen LogP contribution in [0.1, 0.15) is 26.7 Å². The van der Waals surface area contributed by atoms with Gasteiger partial charge in [-0.15, -0.1) is 5.10 Å². The Morgan fingerprint density at radius 3 is 2.81 bits per heavy atom. The number of nitrogens with zero attached hydrogens (tertiary/aromatic N) is 3. The summed E-state index contributed by atoms with van der Waals surface area (Å²) in [4.78, 5) is 2.37. The maximum Gasteiger partial charge on any atom is 0.150 e. The molecule has 1 aliphatic heterocycles. The SMILES string of the molecule is CC(C)CNc1cc(N2CCCC2)cnn1. The Kier molecular flexibility index (Phi) is 3.59. The molecule has 1 aromatic heterocycles. The zero-order valence-electron chi connectivity index (χ0n) is 10.1. The highest BCUT2D eigenvalue weighted by Gasteiger charge is 2.13. The standard InChI is InChI=1S/C12H20N4/c1-10(2)8-13-12-7-11(9-14-15-12)16-5-3-4-6-16/h7,9-10H,3-6,8H2,1-2H3,(H,13,15). The summed E-state index contributed by atoms with van der Waals surface area (Å²) in [6.45, 7) is 7.61. The zero-order chi connectivity index (χ0) is 11.4. The number of nitrogens with one attached hydrogen (secondary N) is 1. The monoisotopic (exact) mass is 220 g/mol. The van der Waals surface area contributed by atoms with E-state index in [0.29, 0.717) is 5.92 Å². The third-order valence-electron chi connectivity index (χ3n) is 2.80. The molecule has 1 saturated heterocycles. The molecule has 0 spiro atoms. The molecular formula is C12H20N4. The van der Waals surface area contributed by atoms with E-state index in [9.17, 15) is 0 Å². The van der Waals surface area contributed by atoms with Crippen LogP contribution in [0.4, 0.5) is 11.5 Å². The number of hydrogen-bond donors (Lipinski definition) is 1. The van der Waals surface area contributed by atoms with Gasteiger partial charge in [-0.1, -0.05) is 13.8 Å². The van der Waals surface area contributed by atoms with E-state index >= 15 is 0 Å². The molecular weight excluding hydrogens is 200 g/mol. The van der Waals surface area contributed by atoms with Crippen molar-refractivity contribution in [3.8, 4) is 0 Å². The molecule has 0 aromatic carbocycles. The lowest BCUT2D eigenvalue weighted by atomic mass is 10.2. The second-order valence-electron chi connectivity index (χ2n) is 4.77. The Labute approximate surface area is 97.1 Å². The van der Waals surface area contributed by atoms with Gasteiger partial charge in [-0.3, -0.25) is 0 Å². The van der Waals surface area contributed by atoms with E-state index in [1.165, 1.54) is 18.5 Å². The molecule has 0 radical (unpaired) electrons. The van der Waals surface area contributed by atoms with E-state index in [1.807, 2.05) is 6.20 Å². The third-order valence-corrected chi connectivity index (χ3v) is 2.80. The zero-order valence-corrected chi connectivity index (χ0v) is 10.1. The Morgan fingerprint density at radius 2 is 2.12 bits per heavy atom. The maximum absolute atomic E-state index is 4.09. The molecule has 1 aliphatic rings. The lowest BCUT2D eigenvalue weighted by Crippen LogP contribution is -2.18. The van der Waals surface area contributed by atoms with Gasteiger partial charge in [-0.05, 0) is 18.8 Å². The molecule has 0 atom stereocenters. The molecule has 1 fully saturated rings. The fraction of sp³-hybridized carbons (Fsp3) is 0.667. The first-order chi connectivity index (χ1) is 7.75. The molecule has 0 saturated carbocycles. The summed E-state index contributed by atoms with van der Waals surface area (Å²) in [5.74, 6) is 1.51. The van der Waals surface area contributed by atoms with Gasteiger partial charge in [0.15, 0.2) is 5.82 Å². The van der Waals surface area contributed by atoms with Gasteiger partial charge in [0.2, 0.25) is 0 Å². The van der Waals surface area contributed by atoms with E-state index in [0.717, 1.165) is 25.5 Å². The number of rotatable bonds is 4. The third kappa shape index (κ3) is 2.84. The van der Waals surface area contributed by atoms with Crippen molar-refractivity contribution in [3.05, 3.63) is 12.3 Å². The Hall–Kier alpha value is -1.32. The first-order valence-corrected chi connectivity index (χ1v) is 6.07. The van der Waals surface area contributed by atoms with Crippen LogP contribution in [-0.4, -0.2) is 29.8 Å². The van der Waals surface area contributed by atoms with Gasteiger partial charge in [-0.25, -0.2) is 0 Å². The van der Waals surface area contributed by atoms with Gasteiger partial charge in [0.25, 0.3) is 0 Å². The molecule has 0 aliphatic carbocycles. The molecule has 0 unspecified atom stereocenters. The van der Waals surface area contributed by atoms with Crippen LogP contribution in [0, 0.1) is 5.92 Å². The minimum Gasteiger partial charge on any atom is -0.370 e. The fourth-order valence-electron chi connectivity index (χ4n) is 1.90. The Morgan fingerprint density at radius 1 is 1.38 bits per heavy atom. The quantitative estimate of drug-likeness (QED) is 0.844. The van der Waals surface area contributed by atoms with Gasteiger partial charge in [-0.2, -0.15) is 5.10 Å².